The Hall–Kier alpha value is 0.0300. The van der Waals surface area contributed by atoms with E-state index < -0.39 is 7.87 Å². The molecule has 0 heterocycles. The lowest BCUT2D eigenvalue weighted by Gasteiger charge is -2.49. The van der Waals surface area contributed by atoms with Crippen molar-refractivity contribution in [3.05, 3.63) is 0 Å². The van der Waals surface area contributed by atoms with Gasteiger partial charge in [0.2, 0.25) is 0 Å². The van der Waals surface area contributed by atoms with E-state index in [4.69, 9.17) is 28.4 Å². The van der Waals surface area contributed by atoms with Gasteiger partial charge in [-0.15, -0.1) is 18.7 Å². The Bertz CT molecular complexity index is 338. The van der Waals surface area contributed by atoms with Crippen molar-refractivity contribution >= 4 is 7.87 Å². The molecule has 0 unspecified atom stereocenters. The average Bonchev–Trinajstić information content (AvgIpc) is 2.77. The summed E-state index contributed by atoms with van der Waals surface area (Å²) in [6.45, 7) is 8.43. The molecule has 10 nitrogen and oxygen atoms in total. The molecule has 0 aromatic heterocycles. The number of hydrogen-bond donors (Lipinski definition) is 0. The van der Waals surface area contributed by atoms with E-state index in [0.29, 0.717) is 39.6 Å². The predicted molar refractivity (Wildman–Crippen MR) is 127 cm³/mol. The lowest BCUT2D eigenvalue weighted by atomic mass is 10.6. The fourth-order valence-corrected chi connectivity index (χ4v) is 8.31. The van der Waals surface area contributed by atoms with Crippen LogP contribution in [0.4, 0.5) is 0 Å². The SMILES string of the molecule is COCCN(CCOC)[P+](N(C)C)(N(CCOC)CCOC)N(CCOC)CCOC. The second kappa shape index (κ2) is 19.5. The molecule has 188 valence electrons. The highest BCUT2D eigenvalue weighted by molar-refractivity contribution is 7.66. The molecule has 0 bridgehead atoms. The Balaban J connectivity index is 6.52. The van der Waals surface area contributed by atoms with Crippen molar-refractivity contribution in [3.63, 3.8) is 0 Å². The maximum atomic E-state index is 5.49. The molecule has 0 aliphatic heterocycles. The fraction of sp³-hybridized carbons (Fsp3) is 1.00. The predicted octanol–water partition coefficient (Wildman–Crippen LogP) is 1.01. The normalized spacial score (nSPS) is 12.8. The molecular formula is C20H48N4O6P+. The highest BCUT2D eigenvalue weighted by Crippen LogP contribution is 2.68. The van der Waals surface area contributed by atoms with Crippen LogP contribution in [0.1, 0.15) is 0 Å². The second-order valence-corrected chi connectivity index (χ2v) is 10.8. The van der Waals surface area contributed by atoms with E-state index in [9.17, 15) is 0 Å². The molecule has 0 aliphatic rings. The van der Waals surface area contributed by atoms with E-state index in [1.807, 2.05) is 0 Å². The summed E-state index contributed by atoms with van der Waals surface area (Å²) < 4.78 is 42.8. The van der Waals surface area contributed by atoms with Crippen LogP contribution in [-0.2, 0) is 28.4 Å². The minimum atomic E-state index is -2.22. The van der Waals surface area contributed by atoms with Crippen LogP contribution in [0.25, 0.3) is 0 Å². The molecule has 0 fully saturated rings. The van der Waals surface area contributed by atoms with E-state index in [-0.39, 0.29) is 0 Å². The first-order valence-corrected chi connectivity index (χ1v) is 12.4. The van der Waals surface area contributed by atoms with Gasteiger partial charge in [-0.25, -0.2) is 0 Å². The zero-order valence-electron chi connectivity index (χ0n) is 21.2. The van der Waals surface area contributed by atoms with Gasteiger partial charge in [-0.1, -0.05) is 0 Å². The lowest BCUT2D eigenvalue weighted by Crippen LogP contribution is -2.55. The van der Waals surface area contributed by atoms with Gasteiger partial charge in [0.1, 0.15) is 0 Å². The van der Waals surface area contributed by atoms with Gasteiger partial charge < -0.3 is 28.4 Å². The van der Waals surface area contributed by atoms with Crippen LogP contribution in [0.2, 0.25) is 0 Å². The van der Waals surface area contributed by atoms with Crippen molar-refractivity contribution in [2.75, 3.05) is 136 Å². The van der Waals surface area contributed by atoms with Gasteiger partial charge in [0.05, 0.1) is 78.9 Å². The number of ether oxygens (including phenoxy) is 6. The first kappa shape index (κ1) is 31.0. The molecule has 0 radical (unpaired) electrons. The van der Waals surface area contributed by atoms with Crippen LogP contribution in [0.15, 0.2) is 0 Å². The number of nitrogens with zero attached hydrogens (tertiary/aromatic N) is 4. The van der Waals surface area contributed by atoms with Crippen molar-refractivity contribution < 1.29 is 28.4 Å². The standard InChI is InChI=1S/C20H48N4O6P/c1-21(2)31(22(9-15-25-3)10-16-26-4,23(11-17-27-5)12-18-28-6)24(13-19-29-7)14-20-30-8/h9-20H2,1-8H3/q+1. The van der Waals surface area contributed by atoms with Crippen LogP contribution in [0.3, 0.4) is 0 Å². The Morgan fingerprint density at radius 2 is 0.613 bits per heavy atom. The third-order valence-electron chi connectivity index (χ3n) is 5.00. The van der Waals surface area contributed by atoms with Crippen LogP contribution in [-0.4, -0.2) is 154 Å². The third kappa shape index (κ3) is 10.2. The molecule has 31 heavy (non-hydrogen) atoms. The van der Waals surface area contributed by atoms with E-state index in [1.54, 1.807) is 42.7 Å². The smallest absolute Gasteiger partial charge is 0.308 e. The van der Waals surface area contributed by atoms with Crippen molar-refractivity contribution in [2.45, 2.75) is 0 Å². The summed E-state index contributed by atoms with van der Waals surface area (Å²) in [6, 6.07) is 0. The topological polar surface area (TPSA) is 68.3 Å². The molecule has 0 saturated carbocycles. The van der Waals surface area contributed by atoms with E-state index in [2.05, 4.69) is 32.8 Å². The molecule has 0 atom stereocenters. The van der Waals surface area contributed by atoms with E-state index in [0.717, 1.165) is 39.3 Å². The molecule has 0 aromatic carbocycles. The maximum Gasteiger partial charge on any atom is 0.308 e. The van der Waals surface area contributed by atoms with Gasteiger partial charge in [-0.05, 0) is 0 Å². The van der Waals surface area contributed by atoms with E-state index >= 15 is 0 Å². The molecule has 0 aromatic rings. The summed E-state index contributed by atoms with van der Waals surface area (Å²) in [5.41, 5.74) is 0. The molecule has 0 aliphatic carbocycles. The van der Waals surface area contributed by atoms with Crippen LogP contribution < -0.4 is 0 Å². The fourth-order valence-electron chi connectivity index (χ4n) is 3.62. The van der Waals surface area contributed by atoms with Gasteiger partial charge in [-0.2, -0.15) is 0 Å². The van der Waals surface area contributed by atoms with Crippen molar-refractivity contribution in [1.29, 1.82) is 0 Å². The summed E-state index contributed by atoms with van der Waals surface area (Å²) in [7, 11) is 12.5. The summed E-state index contributed by atoms with van der Waals surface area (Å²) in [6.07, 6.45) is 0. The van der Waals surface area contributed by atoms with Crippen molar-refractivity contribution in [2.24, 2.45) is 0 Å². The molecule has 0 spiro atoms. The summed E-state index contributed by atoms with van der Waals surface area (Å²) in [4.78, 5) is 0. The number of methoxy groups -OCH3 is 6. The molecule has 0 rings (SSSR count). The number of hydrogen-bond acceptors (Lipinski definition) is 10. The molecule has 0 N–H and O–H groups in total. The Morgan fingerprint density at radius 1 is 0.419 bits per heavy atom. The van der Waals surface area contributed by atoms with Crippen molar-refractivity contribution in [1.82, 2.24) is 18.7 Å². The largest absolute Gasteiger partial charge is 0.383 e. The highest BCUT2D eigenvalue weighted by atomic mass is 31.2. The summed E-state index contributed by atoms with van der Waals surface area (Å²) in [5, 5.41) is 0. The lowest BCUT2D eigenvalue weighted by molar-refractivity contribution is 0.105. The molecule has 11 heteroatoms. The second-order valence-electron chi connectivity index (χ2n) is 7.20. The molecular weight excluding hydrogens is 423 g/mol. The van der Waals surface area contributed by atoms with Gasteiger partial charge in [0.15, 0.2) is 0 Å². The first-order chi connectivity index (χ1) is 15.0. The molecule has 0 saturated heterocycles. The minimum Gasteiger partial charge on any atom is -0.383 e. The minimum absolute atomic E-state index is 0.629. The zero-order valence-corrected chi connectivity index (χ0v) is 22.1. The van der Waals surface area contributed by atoms with Crippen LogP contribution in [0.5, 0.6) is 0 Å². The van der Waals surface area contributed by atoms with Gasteiger partial charge in [-0.3, -0.25) is 0 Å². The highest BCUT2D eigenvalue weighted by Gasteiger charge is 2.58. The Kier molecular flexibility index (Phi) is 19.5. The first-order valence-electron chi connectivity index (χ1n) is 10.8. The third-order valence-corrected chi connectivity index (χ3v) is 9.55. The molecule has 0 amide bonds. The van der Waals surface area contributed by atoms with Gasteiger partial charge in [0.25, 0.3) is 0 Å². The van der Waals surface area contributed by atoms with Gasteiger partial charge in [0, 0.05) is 56.8 Å². The average molecular weight is 472 g/mol. The summed E-state index contributed by atoms with van der Waals surface area (Å²) >= 11 is 0. The zero-order chi connectivity index (χ0) is 23.5. The Labute approximate surface area is 191 Å². The summed E-state index contributed by atoms with van der Waals surface area (Å²) in [5.74, 6) is 0. The number of rotatable bonds is 22. The van der Waals surface area contributed by atoms with Crippen LogP contribution in [0, 0.1) is 0 Å². The van der Waals surface area contributed by atoms with Crippen LogP contribution >= 0.6 is 7.87 Å². The van der Waals surface area contributed by atoms with Crippen molar-refractivity contribution in [3.8, 4) is 0 Å². The van der Waals surface area contributed by atoms with Gasteiger partial charge >= 0.3 is 7.87 Å². The quantitative estimate of drug-likeness (QED) is 0.214. The monoisotopic (exact) mass is 471 g/mol. The maximum absolute atomic E-state index is 5.49. The van der Waals surface area contributed by atoms with E-state index in [1.165, 1.54) is 0 Å². The Morgan fingerprint density at radius 3 is 0.742 bits per heavy atom.